The number of fused-ring (bicyclic) bond motifs is 1. The average molecular weight is 429 g/mol. The molecule has 0 bridgehead atoms. The molecule has 0 aromatic heterocycles. The average Bonchev–Trinajstić information content (AvgIpc) is 2.76. The predicted molar refractivity (Wildman–Crippen MR) is 120 cm³/mol. The summed E-state index contributed by atoms with van der Waals surface area (Å²) in [6.45, 7) is 8.15. The van der Waals surface area contributed by atoms with Crippen molar-refractivity contribution in [2.24, 2.45) is 0 Å². The molecule has 1 saturated heterocycles. The number of benzene rings is 2. The van der Waals surface area contributed by atoms with Crippen LogP contribution in [0.5, 0.6) is 11.5 Å². The van der Waals surface area contributed by atoms with Gasteiger partial charge in [-0.15, -0.1) is 0 Å². The van der Waals surface area contributed by atoms with Crippen molar-refractivity contribution in [2.45, 2.75) is 26.2 Å². The highest BCUT2D eigenvalue weighted by molar-refractivity contribution is 6.34. The normalized spacial score (nSPS) is 16.9. The van der Waals surface area contributed by atoms with Gasteiger partial charge in [0.1, 0.15) is 18.1 Å². The van der Waals surface area contributed by atoms with Crippen LogP contribution in [0.15, 0.2) is 36.4 Å². The quantitative estimate of drug-likeness (QED) is 0.620. The molecule has 0 spiro atoms. The van der Waals surface area contributed by atoms with Crippen LogP contribution in [0.3, 0.4) is 0 Å². The van der Waals surface area contributed by atoms with E-state index in [1.807, 2.05) is 18.2 Å². The van der Waals surface area contributed by atoms with E-state index in [1.165, 1.54) is 0 Å². The van der Waals surface area contributed by atoms with Gasteiger partial charge in [0.05, 0.1) is 17.3 Å². The van der Waals surface area contributed by atoms with Gasteiger partial charge in [-0.1, -0.05) is 23.7 Å². The van der Waals surface area contributed by atoms with Crippen LogP contribution >= 0.6 is 11.6 Å². The number of anilines is 1. The summed E-state index contributed by atoms with van der Waals surface area (Å²) in [7, 11) is 0. The van der Waals surface area contributed by atoms with Crippen molar-refractivity contribution < 1.29 is 14.3 Å². The van der Waals surface area contributed by atoms with Gasteiger partial charge in [-0.3, -0.25) is 9.69 Å². The number of rotatable bonds is 7. The lowest BCUT2D eigenvalue weighted by Crippen LogP contribution is -2.46. The zero-order chi connectivity index (χ0) is 20.9. The minimum absolute atomic E-state index is 0.115. The Bertz CT molecular complexity index is 894. The van der Waals surface area contributed by atoms with E-state index < -0.39 is 0 Å². The lowest BCUT2D eigenvalue weighted by molar-refractivity contribution is -0.121. The first-order valence-corrected chi connectivity index (χ1v) is 11.1. The van der Waals surface area contributed by atoms with Gasteiger partial charge in [-0.2, -0.15) is 0 Å². The van der Waals surface area contributed by atoms with Gasteiger partial charge < -0.3 is 14.4 Å². The maximum atomic E-state index is 11.5. The number of ketones is 1. The van der Waals surface area contributed by atoms with Crippen molar-refractivity contribution in [1.29, 1.82) is 0 Å². The molecule has 6 heteroatoms. The van der Waals surface area contributed by atoms with Gasteiger partial charge >= 0.3 is 0 Å². The molecule has 2 aliphatic heterocycles. The van der Waals surface area contributed by atoms with Crippen LogP contribution in [0.4, 0.5) is 5.69 Å². The van der Waals surface area contributed by atoms with Crippen molar-refractivity contribution in [3.05, 3.63) is 52.5 Å². The largest absolute Gasteiger partial charge is 0.494 e. The van der Waals surface area contributed by atoms with Crippen LogP contribution in [-0.2, 0) is 11.2 Å². The number of ether oxygens (including phenoxy) is 2. The van der Waals surface area contributed by atoms with E-state index in [1.54, 1.807) is 0 Å². The fraction of sp³-hybridized carbons (Fsp3) is 0.458. The Morgan fingerprint density at radius 3 is 2.77 bits per heavy atom. The van der Waals surface area contributed by atoms with Crippen LogP contribution in [0, 0.1) is 6.92 Å². The molecule has 2 aliphatic rings. The summed E-state index contributed by atoms with van der Waals surface area (Å²) < 4.78 is 11.3. The lowest BCUT2D eigenvalue weighted by atomic mass is 10.1. The summed E-state index contributed by atoms with van der Waals surface area (Å²) in [6.07, 6.45) is 2.56. The second-order valence-corrected chi connectivity index (χ2v) is 8.44. The highest BCUT2D eigenvalue weighted by Gasteiger charge is 2.19. The zero-order valence-electron chi connectivity index (χ0n) is 17.5. The highest BCUT2D eigenvalue weighted by atomic mass is 35.5. The number of halogens is 1. The standard InChI is InChI=1S/C24H29ClN2O3/c1-18-5-4-6-22(24(18)25)27-12-10-26(11-13-27)9-2-3-14-29-21-7-8-23-19(16-21)15-20(28)17-30-23/h4-8,16H,2-3,9-15,17H2,1H3. The molecule has 0 radical (unpaired) electrons. The number of unbranched alkanes of at least 4 members (excludes halogenated alkanes) is 1. The molecular weight excluding hydrogens is 400 g/mol. The molecule has 0 aliphatic carbocycles. The van der Waals surface area contributed by atoms with E-state index in [0.29, 0.717) is 13.0 Å². The van der Waals surface area contributed by atoms with Crippen molar-refractivity contribution in [1.82, 2.24) is 4.90 Å². The van der Waals surface area contributed by atoms with E-state index in [4.69, 9.17) is 21.1 Å². The van der Waals surface area contributed by atoms with Crippen LogP contribution in [0.1, 0.15) is 24.0 Å². The van der Waals surface area contributed by atoms with Crippen LogP contribution in [0.25, 0.3) is 0 Å². The van der Waals surface area contributed by atoms with Gasteiger partial charge in [0.2, 0.25) is 0 Å². The lowest BCUT2D eigenvalue weighted by Gasteiger charge is -2.36. The highest BCUT2D eigenvalue weighted by Crippen LogP contribution is 2.30. The third kappa shape index (κ3) is 5.08. The summed E-state index contributed by atoms with van der Waals surface area (Å²) in [5.74, 6) is 1.73. The molecule has 0 unspecified atom stereocenters. The number of Topliss-reactive ketones (excluding diaryl/α,β-unsaturated/α-hetero) is 1. The van der Waals surface area contributed by atoms with Crippen LogP contribution in [0.2, 0.25) is 5.02 Å². The van der Waals surface area contributed by atoms with Crippen LogP contribution < -0.4 is 14.4 Å². The molecule has 0 N–H and O–H groups in total. The Kier molecular flexibility index (Phi) is 6.80. The Balaban J connectivity index is 1.15. The van der Waals surface area contributed by atoms with E-state index in [0.717, 1.165) is 78.9 Å². The third-order valence-electron chi connectivity index (χ3n) is 5.83. The van der Waals surface area contributed by atoms with Gasteiger partial charge in [0.15, 0.2) is 5.78 Å². The summed E-state index contributed by atoms with van der Waals surface area (Å²) >= 11 is 6.49. The first-order valence-electron chi connectivity index (χ1n) is 10.7. The summed E-state index contributed by atoms with van der Waals surface area (Å²) in [5.41, 5.74) is 3.21. The number of carbonyl (C=O) groups is 1. The SMILES string of the molecule is Cc1cccc(N2CCN(CCCCOc3ccc4c(c3)CC(=O)CO4)CC2)c1Cl. The second kappa shape index (κ2) is 9.71. The number of piperazine rings is 1. The van der Waals surface area contributed by atoms with Gasteiger partial charge in [-0.25, -0.2) is 0 Å². The Morgan fingerprint density at radius 2 is 1.93 bits per heavy atom. The smallest absolute Gasteiger partial charge is 0.174 e. The topological polar surface area (TPSA) is 42.0 Å². The van der Waals surface area contributed by atoms with Crippen molar-refractivity contribution >= 4 is 23.1 Å². The molecule has 0 saturated carbocycles. The molecule has 30 heavy (non-hydrogen) atoms. The predicted octanol–water partition coefficient (Wildman–Crippen LogP) is 4.13. The molecule has 2 aromatic carbocycles. The van der Waals surface area contributed by atoms with Crippen molar-refractivity contribution in [3.63, 3.8) is 0 Å². The number of carbonyl (C=O) groups excluding carboxylic acids is 1. The molecule has 5 nitrogen and oxygen atoms in total. The number of hydrogen-bond donors (Lipinski definition) is 0. The van der Waals surface area contributed by atoms with E-state index >= 15 is 0 Å². The molecule has 0 atom stereocenters. The van der Waals surface area contributed by atoms with Gasteiger partial charge in [-0.05, 0) is 56.1 Å². The van der Waals surface area contributed by atoms with Gasteiger partial charge in [0.25, 0.3) is 0 Å². The van der Waals surface area contributed by atoms with E-state index in [2.05, 4.69) is 34.9 Å². The van der Waals surface area contributed by atoms with E-state index in [9.17, 15) is 4.79 Å². The maximum absolute atomic E-state index is 11.5. The monoisotopic (exact) mass is 428 g/mol. The van der Waals surface area contributed by atoms with Crippen LogP contribution in [-0.4, -0.2) is 56.6 Å². The molecular formula is C24H29ClN2O3. The Hall–Kier alpha value is -2.24. The molecule has 2 aromatic rings. The minimum atomic E-state index is 0.115. The van der Waals surface area contributed by atoms with E-state index in [-0.39, 0.29) is 12.4 Å². The fourth-order valence-electron chi connectivity index (χ4n) is 4.06. The Morgan fingerprint density at radius 1 is 1.10 bits per heavy atom. The third-order valence-corrected chi connectivity index (χ3v) is 6.32. The number of aryl methyl sites for hydroxylation is 1. The Labute approximate surface area is 183 Å². The minimum Gasteiger partial charge on any atom is -0.494 e. The second-order valence-electron chi connectivity index (χ2n) is 8.07. The molecule has 1 fully saturated rings. The molecule has 0 amide bonds. The van der Waals surface area contributed by atoms with Crippen molar-refractivity contribution in [2.75, 3.05) is 50.8 Å². The van der Waals surface area contributed by atoms with Gasteiger partial charge in [0, 0.05) is 38.2 Å². The zero-order valence-corrected chi connectivity index (χ0v) is 18.3. The first-order chi connectivity index (χ1) is 14.6. The maximum Gasteiger partial charge on any atom is 0.174 e. The summed E-state index contributed by atoms with van der Waals surface area (Å²) in [6, 6.07) is 12.0. The fourth-order valence-corrected chi connectivity index (χ4v) is 4.31. The molecule has 2 heterocycles. The summed E-state index contributed by atoms with van der Waals surface area (Å²) in [5, 5.41) is 0.876. The van der Waals surface area contributed by atoms with Crippen molar-refractivity contribution in [3.8, 4) is 11.5 Å². The summed E-state index contributed by atoms with van der Waals surface area (Å²) in [4.78, 5) is 16.4. The number of nitrogens with zero attached hydrogens (tertiary/aromatic N) is 2. The number of hydrogen-bond acceptors (Lipinski definition) is 5. The first kappa shape index (κ1) is 21.0. The molecule has 4 rings (SSSR count). The molecule has 160 valence electrons.